The summed E-state index contributed by atoms with van der Waals surface area (Å²) in [7, 11) is 1.84. The Morgan fingerprint density at radius 1 is 1.56 bits per heavy atom. The maximum Gasteiger partial charge on any atom is 0.0777 e. The van der Waals surface area contributed by atoms with Gasteiger partial charge in [-0.2, -0.15) is 0 Å². The number of hydrogen-bond donors (Lipinski definition) is 1. The minimum absolute atomic E-state index is 0.0446. The van der Waals surface area contributed by atoms with Crippen LogP contribution in [0.15, 0.2) is 0 Å². The molecule has 0 aromatic rings. The molecule has 106 valence electrons. The van der Waals surface area contributed by atoms with E-state index in [-0.39, 0.29) is 5.60 Å². The summed E-state index contributed by atoms with van der Waals surface area (Å²) in [6, 6.07) is 1.11. The van der Waals surface area contributed by atoms with Crippen molar-refractivity contribution in [2.75, 3.05) is 40.0 Å². The minimum Gasteiger partial charge on any atom is -0.379 e. The summed E-state index contributed by atoms with van der Waals surface area (Å²) in [6.45, 7) is 9.53. The average Bonchev–Trinajstić information content (AvgIpc) is 2.40. The number of rotatable bonds is 4. The number of nitrogens with one attached hydrogen (secondary N) is 1. The van der Waals surface area contributed by atoms with Gasteiger partial charge in [0, 0.05) is 32.3 Å². The summed E-state index contributed by atoms with van der Waals surface area (Å²) in [5.41, 5.74) is 0.0446. The third-order valence-corrected chi connectivity index (χ3v) is 4.43. The summed E-state index contributed by atoms with van der Waals surface area (Å²) in [6.07, 6.45) is 3.58. The molecule has 1 N–H and O–H groups in total. The highest BCUT2D eigenvalue weighted by atomic mass is 16.5. The molecule has 4 heteroatoms. The van der Waals surface area contributed by atoms with Crippen LogP contribution in [0.1, 0.15) is 33.1 Å². The van der Waals surface area contributed by atoms with Crippen LogP contribution in [0.3, 0.4) is 0 Å². The van der Waals surface area contributed by atoms with Gasteiger partial charge < -0.3 is 14.8 Å². The Morgan fingerprint density at radius 3 is 3.06 bits per heavy atom. The molecule has 3 atom stereocenters. The third kappa shape index (κ3) is 3.67. The van der Waals surface area contributed by atoms with E-state index in [0.29, 0.717) is 12.1 Å². The molecule has 2 aliphatic heterocycles. The smallest absolute Gasteiger partial charge is 0.0777 e. The van der Waals surface area contributed by atoms with Crippen molar-refractivity contribution in [1.29, 1.82) is 0 Å². The van der Waals surface area contributed by atoms with E-state index in [1.807, 2.05) is 7.11 Å². The average molecular weight is 256 g/mol. The van der Waals surface area contributed by atoms with E-state index in [1.54, 1.807) is 0 Å². The lowest BCUT2D eigenvalue weighted by molar-refractivity contribution is -0.0623. The normalized spacial score (nSPS) is 36.5. The summed E-state index contributed by atoms with van der Waals surface area (Å²) in [4.78, 5) is 2.57. The van der Waals surface area contributed by atoms with Crippen LogP contribution in [0.25, 0.3) is 0 Å². The lowest BCUT2D eigenvalue weighted by Gasteiger charge is -2.43. The summed E-state index contributed by atoms with van der Waals surface area (Å²) in [5, 5.41) is 3.54. The van der Waals surface area contributed by atoms with Gasteiger partial charge in [0.2, 0.25) is 0 Å². The highest BCUT2D eigenvalue weighted by Crippen LogP contribution is 2.26. The molecule has 3 unspecified atom stereocenters. The van der Waals surface area contributed by atoms with E-state index in [1.165, 1.54) is 25.8 Å². The first-order valence-electron chi connectivity index (χ1n) is 7.23. The SMILES string of the molecule is COC1(C)CCCN(C(C)CC2COCCN2)C1. The lowest BCUT2D eigenvalue weighted by Crippen LogP contribution is -2.52. The van der Waals surface area contributed by atoms with Gasteiger partial charge >= 0.3 is 0 Å². The van der Waals surface area contributed by atoms with Gasteiger partial charge in [-0.15, -0.1) is 0 Å². The maximum atomic E-state index is 5.67. The molecule has 2 fully saturated rings. The summed E-state index contributed by atoms with van der Waals surface area (Å²) >= 11 is 0. The van der Waals surface area contributed by atoms with E-state index in [9.17, 15) is 0 Å². The molecule has 0 spiro atoms. The number of likely N-dealkylation sites (tertiary alicyclic amines) is 1. The van der Waals surface area contributed by atoms with Gasteiger partial charge in [-0.25, -0.2) is 0 Å². The van der Waals surface area contributed by atoms with Crippen molar-refractivity contribution in [3.05, 3.63) is 0 Å². The van der Waals surface area contributed by atoms with Gasteiger partial charge in [0.1, 0.15) is 0 Å². The van der Waals surface area contributed by atoms with E-state index in [0.717, 1.165) is 26.3 Å². The Hall–Kier alpha value is -0.160. The van der Waals surface area contributed by atoms with Gasteiger partial charge in [0.15, 0.2) is 0 Å². The minimum atomic E-state index is 0.0446. The molecule has 2 saturated heterocycles. The number of piperidine rings is 1. The van der Waals surface area contributed by atoms with E-state index in [2.05, 4.69) is 24.1 Å². The zero-order chi connectivity index (χ0) is 13.0. The summed E-state index contributed by atoms with van der Waals surface area (Å²) in [5.74, 6) is 0. The van der Waals surface area contributed by atoms with Crippen LogP contribution in [-0.2, 0) is 9.47 Å². The Morgan fingerprint density at radius 2 is 2.39 bits per heavy atom. The van der Waals surface area contributed by atoms with E-state index in [4.69, 9.17) is 9.47 Å². The van der Waals surface area contributed by atoms with Crippen LogP contribution < -0.4 is 5.32 Å². The molecule has 2 heterocycles. The Balaban J connectivity index is 1.82. The first kappa shape index (κ1) is 14.3. The predicted octanol–water partition coefficient (Wildman–Crippen LogP) is 1.25. The zero-order valence-corrected chi connectivity index (χ0v) is 12.1. The van der Waals surface area contributed by atoms with Crippen LogP contribution in [0.4, 0.5) is 0 Å². The number of methoxy groups -OCH3 is 1. The first-order chi connectivity index (χ1) is 8.63. The molecule has 0 amide bonds. The molecule has 18 heavy (non-hydrogen) atoms. The topological polar surface area (TPSA) is 33.7 Å². The third-order valence-electron chi connectivity index (χ3n) is 4.43. The van der Waals surface area contributed by atoms with Gasteiger partial charge in [-0.3, -0.25) is 4.90 Å². The Kier molecular flexibility index (Phi) is 5.01. The number of hydrogen-bond acceptors (Lipinski definition) is 4. The molecule has 0 aliphatic carbocycles. The fourth-order valence-electron chi connectivity index (χ4n) is 3.12. The van der Waals surface area contributed by atoms with Crippen molar-refractivity contribution in [1.82, 2.24) is 10.2 Å². The maximum absolute atomic E-state index is 5.67. The van der Waals surface area contributed by atoms with Crippen LogP contribution in [0, 0.1) is 0 Å². The molecular formula is C14H28N2O2. The van der Waals surface area contributed by atoms with Crippen molar-refractivity contribution in [2.24, 2.45) is 0 Å². The quantitative estimate of drug-likeness (QED) is 0.821. The Labute approximate surface area is 111 Å². The lowest BCUT2D eigenvalue weighted by atomic mass is 9.92. The fourth-order valence-corrected chi connectivity index (χ4v) is 3.12. The van der Waals surface area contributed by atoms with Crippen LogP contribution in [-0.4, -0.2) is 62.5 Å². The standard InChI is InChI=1S/C14H28N2O2/c1-12(9-13-10-18-8-6-15-13)16-7-4-5-14(2,11-16)17-3/h12-13,15H,4-11H2,1-3H3. The van der Waals surface area contributed by atoms with Gasteiger partial charge in [0.25, 0.3) is 0 Å². The first-order valence-corrected chi connectivity index (χ1v) is 7.23. The molecule has 0 saturated carbocycles. The highest BCUT2D eigenvalue weighted by molar-refractivity contribution is 4.88. The van der Waals surface area contributed by atoms with E-state index < -0.39 is 0 Å². The summed E-state index contributed by atoms with van der Waals surface area (Å²) < 4.78 is 11.2. The van der Waals surface area contributed by atoms with Gasteiger partial charge in [-0.05, 0) is 39.7 Å². The Bertz CT molecular complexity index is 256. The zero-order valence-electron chi connectivity index (χ0n) is 12.1. The second-order valence-electron chi connectivity index (χ2n) is 6.04. The monoisotopic (exact) mass is 256 g/mol. The molecule has 0 bridgehead atoms. The van der Waals surface area contributed by atoms with Crippen molar-refractivity contribution >= 4 is 0 Å². The second kappa shape index (κ2) is 6.33. The molecule has 0 radical (unpaired) electrons. The molecule has 0 aromatic carbocycles. The predicted molar refractivity (Wildman–Crippen MR) is 72.9 cm³/mol. The van der Waals surface area contributed by atoms with Crippen LogP contribution in [0.2, 0.25) is 0 Å². The van der Waals surface area contributed by atoms with Crippen molar-refractivity contribution < 1.29 is 9.47 Å². The second-order valence-corrected chi connectivity index (χ2v) is 6.04. The molecule has 2 rings (SSSR count). The van der Waals surface area contributed by atoms with Crippen LogP contribution in [0.5, 0.6) is 0 Å². The van der Waals surface area contributed by atoms with Gasteiger partial charge in [-0.1, -0.05) is 0 Å². The molecule has 4 nitrogen and oxygen atoms in total. The fraction of sp³-hybridized carbons (Fsp3) is 1.00. The van der Waals surface area contributed by atoms with Crippen LogP contribution >= 0.6 is 0 Å². The number of ether oxygens (including phenoxy) is 2. The number of morpholine rings is 1. The van der Waals surface area contributed by atoms with Gasteiger partial charge in [0.05, 0.1) is 18.8 Å². The number of nitrogens with zero attached hydrogens (tertiary/aromatic N) is 1. The molecule has 0 aromatic heterocycles. The van der Waals surface area contributed by atoms with Crippen molar-refractivity contribution in [3.63, 3.8) is 0 Å². The largest absolute Gasteiger partial charge is 0.379 e. The van der Waals surface area contributed by atoms with E-state index >= 15 is 0 Å². The molecule has 2 aliphatic rings. The highest BCUT2D eigenvalue weighted by Gasteiger charge is 2.33. The van der Waals surface area contributed by atoms with Crippen molar-refractivity contribution in [2.45, 2.75) is 50.8 Å². The molecular weight excluding hydrogens is 228 g/mol. The van der Waals surface area contributed by atoms with Crippen molar-refractivity contribution in [3.8, 4) is 0 Å².